The lowest BCUT2D eigenvalue weighted by atomic mass is 9.77. The van der Waals surface area contributed by atoms with Gasteiger partial charge in [-0.2, -0.15) is 0 Å². The first kappa shape index (κ1) is 20.4. The van der Waals surface area contributed by atoms with Gasteiger partial charge in [0.15, 0.2) is 6.10 Å². The van der Waals surface area contributed by atoms with Crippen LogP contribution in [0.4, 0.5) is 5.69 Å². The molecule has 3 rings (SSSR count). The molecule has 1 heterocycles. The molecule has 0 bridgehead atoms. The van der Waals surface area contributed by atoms with E-state index in [4.69, 9.17) is 4.74 Å². The van der Waals surface area contributed by atoms with E-state index in [1.165, 1.54) is 6.42 Å². The van der Waals surface area contributed by atoms with Crippen LogP contribution in [0, 0.1) is 17.8 Å². The number of carbonyl (C=O) groups excluding carboxylic acids is 3. The second kappa shape index (κ2) is 8.76. The Hall–Kier alpha value is -2.37. The summed E-state index contributed by atoms with van der Waals surface area (Å²) in [5.41, 5.74) is 0.651. The van der Waals surface area contributed by atoms with Crippen molar-refractivity contribution in [3.8, 4) is 0 Å². The fourth-order valence-corrected chi connectivity index (χ4v) is 4.29. The summed E-state index contributed by atoms with van der Waals surface area (Å²) in [4.78, 5) is 39.2. The van der Waals surface area contributed by atoms with E-state index in [2.05, 4.69) is 19.2 Å². The highest BCUT2D eigenvalue weighted by molar-refractivity contribution is 5.95. The summed E-state index contributed by atoms with van der Waals surface area (Å²) in [6.07, 6.45) is 2.56. The summed E-state index contributed by atoms with van der Waals surface area (Å²) < 4.78 is 5.37. The fourth-order valence-electron chi connectivity index (χ4n) is 4.29. The lowest BCUT2D eigenvalue weighted by Crippen LogP contribution is -2.45. The zero-order chi connectivity index (χ0) is 20.3. The molecule has 1 saturated heterocycles. The normalized spacial score (nSPS) is 28.7. The minimum Gasteiger partial charge on any atom is -0.452 e. The van der Waals surface area contributed by atoms with E-state index in [1.807, 2.05) is 23.1 Å². The predicted molar refractivity (Wildman–Crippen MR) is 106 cm³/mol. The van der Waals surface area contributed by atoms with Gasteiger partial charge in [0.2, 0.25) is 5.91 Å². The van der Waals surface area contributed by atoms with Crippen molar-refractivity contribution in [2.45, 2.75) is 58.6 Å². The van der Waals surface area contributed by atoms with Gasteiger partial charge in [0.25, 0.3) is 5.91 Å². The van der Waals surface area contributed by atoms with Crippen molar-refractivity contribution in [3.63, 3.8) is 0 Å². The summed E-state index contributed by atoms with van der Waals surface area (Å²) in [7, 11) is 0. The molecule has 1 aromatic rings. The van der Waals surface area contributed by atoms with Crippen LogP contribution in [-0.2, 0) is 19.1 Å². The van der Waals surface area contributed by atoms with E-state index < -0.39 is 18.0 Å². The highest BCUT2D eigenvalue weighted by atomic mass is 16.5. The van der Waals surface area contributed by atoms with Crippen molar-refractivity contribution in [2.75, 3.05) is 11.9 Å². The first-order chi connectivity index (χ1) is 13.4. The molecular formula is C22H30N2O4. The van der Waals surface area contributed by atoms with E-state index in [0.717, 1.165) is 12.8 Å². The van der Waals surface area contributed by atoms with Crippen LogP contribution >= 0.6 is 0 Å². The van der Waals surface area contributed by atoms with Gasteiger partial charge in [-0.05, 0) is 37.3 Å². The Labute approximate surface area is 166 Å². The second-order valence-electron chi connectivity index (χ2n) is 8.22. The maximum atomic E-state index is 12.6. The topological polar surface area (TPSA) is 75.7 Å². The molecule has 2 amide bonds. The molecule has 1 N–H and O–H groups in total. The molecule has 0 unspecified atom stereocenters. The van der Waals surface area contributed by atoms with E-state index in [0.29, 0.717) is 24.1 Å². The number of carbonyl (C=O) groups is 3. The molecule has 2 fully saturated rings. The van der Waals surface area contributed by atoms with Crippen LogP contribution in [0.15, 0.2) is 30.3 Å². The quantitative estimate of drug-likeness (QED) is 0.789. The number of anilines is 1. The Morgan fingerprint density at radius 1 is 1.18 bits per heavy atom. The van der Waals surface area contributed by atoms with Gasteiger partial charge >= 0.3 is 5.97 Å². The molecule has 5 atom stereocenters. The van der Waals surface area contributed by atoms with E-state index >= 15 is 0 Å². The summed E-state index contributed by atoms with van der Waals surface area (Å²) in [6, 6.07) is 9.23. The first-order valence-corrected chi connectivity index (χ1v) is 10.2. The van der Waals surface area contributed by atoms with Crippen molar-refractivity contribution >= 4 is 23.5 Å². The second-order valence-corrected chi connectivity index (χ2v) is 8.22. The molecule has 1 aliphatic carbocycles. The summed E-state index contributed by atoms with van der Waals surface area (Å²) in [5.74, 6) is -0.306. The van der Waals surface area contributed by atoms with E-state index in [1.54, 1.807) is 19.1 Å². The van der Waals surface area contributed by atoms with Crippen LogP contribution in [0.2, 0.25) is 0 Å². The van der Waals surface area contributed by atoms with Crippen molar-refractivity contribution < 1.29 is 19.1 Å². The Morgan fingerprint density at radius 3 is 2.61 bits per heavy atom. The fraction of sp³-hybridized carbons (Fsp3) is 0.591. The summed E-state index contributed by atoms with van der Waals surface area (Å²) in [6.45, 7) is 6.38. The number of hydrogen-bond acceptors (Lipinski definition) is 4. The number of hydrogen-bond donors (Lipinski definition) is 1. The van der Waals surface area contributed by atoms with Crippen molar-refractivity contribution in [2.24, 2.45) is 17.8 Å². The monoisotopic (exact) mass is 386 g/mol. The molecule has 1 aliphatic heterocycles. The number of para-hydroxylation sites is 1. The van der Waals surface area contributed by atoms with Crippen LogP contribution < -0.4 is 5.32 Å². The molecule has 2 aliphatic rings. The molecule has 0 aromatic heterocycles. The lowest BCUT2D eigenvalue weighted by Gasteiger charge is -2.39. The largest absolute Gasteiger partial charge is 0.452 e. The van der Waals surface area contributed by atoms with Crippen LogP contribution in [0.3, 0.4) is 0 Å². The van der Waals surface area contributed by atoms with Gasteiger partial charge in [-0.1, -0.05) is 44.9 Å². The number of amides is 2. The average molecular weight is 386 g/mol. The van der Waals surface area contributed by atoms with Gasteiger partial charge in [-0.25, -0.2) is 0 Å². The molecule has 0 spiro atoms. The molecule has 1 saturated carbocycles. The third-order valence-electron chi connectivity index (χ3n) is 6.26. The smallest absolute Gasteiger partial charge is 0.312 e. The Kier molecular flexibility index (Phi) is 6.37. The molecule has 0 radical (unpaired) electrons. The lowest BCUT2D eigenvalue weighted by molar-refractivity contribution is -0.157. The molecule has 6 nitrogen and oxygen atoms in total. The van der Waals surface area contributed by atoms with Crippen molar-refractivity contribution in [3.05, 3.63) is 30.3 Å². The minimum absolute atomic E-state index is 0.0225. The van der Waals surface area contributed by atoms with Crippen molar-refractivity contribution in [1.82, 2.24) is 4.90 Å². The number of esters is 1. The number of ether oxygens (including phenoxy) is 1. The zero-order valence-corrected chi connectivity index (χ0v) is 16.9. The zero-order valence-electron chi connectivity index (χ0n) is 16.9. The Morgan fingerprint density at radius 2 is 1.89 bits per heavy atom. The maximum Gasteiger partial charge on any atom is 0.312 e. The van der Waals surface area contributed by atoms with Gasteiger partial charge in [0.05, 0.1) is 5.92 Å². The summed E-state index contributed by atoms with van der Waals surface area (Å²) in [5, 5.41) is 2.72. The van der Waals surface area contributed by atoms with Crippen LogP contribution in [0.1, 0.15) is 46.5 Å². The SMILES string of the molecule is C[C@H]1[C@H](N2C[C@H](C(=O)O[C@@H](C)C(=O)Nc3ccccc3)CC2=O)CCC[C@@H]1C. The van der Waals surface area contributed by atoms with E-state index in [-0.39, 0.29) is 24.3 Å². The first-order valence-electron chi connectivity index (χ1n) is 10.2. The maximum absolute atomic E-state index is 12.6. The standard InChI is InChI=1S/C22H30N2O4/c1-14-8-7-11-19(15(14)2)24-13-17(12-20(24)25)22(27)28-16(3)21(26)23-18-9-5-4-6-10-18/h4-6,9-10,14-17,19H,7-8,11-13H2,1-3H3,(H,23,26)/t14-,15+,16-,17+,19+/m0/s1. The van der Waals surface area contributed by atoms with Crippen molar-refractivity contribution in [1.29, 1.82) is 0 Å². The molecule has 1 aromatic carbocycles. The predicted octanol–water partition coefficient (Wildman–Crippen LogP) is 3.23. The summed E-state index contributed by atoms with van der Waals surface area (Å²) >= 11 is 0. The van der Waals surface area contributed by atoms with Gasteiger partial charge in [-0.15, -0.1) is 0 Å². The Bertz CT molecular complexity index is 721. The Balaban J connectivity index is 1.54. The third kappa shape index (κ3) is 4.54. The van der Waals surface area contributed by atoms with Gasteiger partial charge in [-0.3, -0.25) is 14.4 Å². The minimum atomic E-state index is -0.912. The highest BCUT2D eigenvalue weighted by Gasteiger charge is 2.42. The molecule has 152 valence electrons. The number of benzene rings is 1. The van der Waals surface area contributed by atoms with Crippen LogP contribution in [0.5, 0.6) is 0 Å². The van der Waals surface area contributed by atoms with Gasteiger partial charge in [0.1, 0.15) is 0 Å². The van der Waals surface area contributed by atoms with Gasteiger partial charge < -0.3 is 15.0 Å². The number of rotatable bonds is 5. The number of likely N-dealkylation sites (tertiary alicyclic amines) is 1. The highest BCUT2D eigenvalue weighted by Crippen LogP contribution is 2.36. The molecule has 6 heteroatoms. The number of nitrogens with zero attached hydrogens (tertiary/aromatic N) is 1. The van der Waals surface area contributed by atoms with Gasteiger partial charge in [0, 0.05) is 24.7 Å². The van der Waals surface area contributed by atoms with Crippen LogP contribution in [-0.4, -0.2) is 41.4 Å². The average Bonchev–Trinajstić information content (AvgIpc) is 3.06. The molecule has 28 heavy (non-hydrogen) atoms. The van der Waals surface area contributed by atoms with Crippen LogP contribution in [0.25, 0.3) is 0 Å². The van der Waals surface area contributed by atoms with E-state index in [9.17, 15) is 14.4 Å². The third-order valence-corrected chi connectivity index (χ3v) is 6.26. The molecular weight excluding hydrogens is 356 g/mol. The number of nitrogens with one attached hydrogen (secondary N) is 1.